The molecule has 0 unspecified atom stereocenters. The number of aromatic nitrogens is 1. The van der Waals surface area contributed by atoms with Crippen molar-refractivity contribution in [3.63, 3.8) is 0 Å². The lowest BCUT2D eigenvalue weighted by atomic mass is 9.99. The van der Waals surface area contributed by atoms with E-state index < -0.39 is 5.97 Å². The molecule has 0 saturated carbocycles. The highest BCUT2D eigenvalue weighted by Gasteiger charge is 2.18. The summed E-state index contributed by atoms with van der Waals surface area (Å²) in [6.07, 6.45) is 2.14. The van der Waals surface area contributed by atoms with Gasteiger partial charge in [-0.3, -0.25) is 4.98 Å². The molecule has 3 rings (SSSR count). The molecule has 0 aliphatic rings. The highest BCUT2D eigenvalue weighted by Crippen LogP contribution is 2.35. The van der Waals surface area contributed by atoms with Crippen LogP contribution in [0.1, 0.15) is 34.1 Å². The zero-order valence-corrected chi connectivity index (χ0v) is 17.4. The second kappa shape index (κ2) is 8.82. The zero-order chi connectivity index (χ0) is 21.0. The molecule has 0 radical (unpaired) electrons. The van der Waals surface area contributed by atoms with E-state index in [1.807, 2.05) is 25.1 Å². The molecule has 0 amide bonds. The standard InChI is InChI=1S/C23H25NO5/c1-6-29-23(25)19-13-24-20(10-15-7-14(2)8-16(9-15)26-3)18-12-22(28-5)21(27-4)11-17(18)19/h7-9,11-13H,6,10H2,1-5H3. The van der Waals surface area contributed by atoms with Crippen molar-refractivity contribution in [1.29, 1.82) is 0 Å². The Kier molecular flexibility index (Phi) is 6.22. The molecule has 6 heteroatoms. The van der Waals surface area contributed by atoms with Crippen LogP contribution in [0.2, 0.25) is 0 Å². The van der Waals surface area contributed by atoms with Gasteiger partial charge >= 0.3 is 5.97 Å². The summed E-state index contributed by atoms with van der Waals surface area (Å²) in [6.45, 7) is 4.09. The number of aryl methyl sites for hydroxylation is 1. The number of esters is 1. The van der Waals surface area contributed by atoms with E-state index in [9.17, 15) is 4.79 Å². The number of carbonyl (C=O) groups excluding carboxylic acids is 1. The van der Waals surface area contributed by atoms with Crippen LogP contribution >= 0.6 is 0 Å². The van der Waals surface area contributed by atoms with E-state index in [0.29, 0.717) is 35.5 Å². The average molecular weight is 395 g/mol. The number of carbonyl (C=O) groups is 1. The predicted molar refractivity (Wildman–Crippen MR) is 111 cm³/mol. The van der Waals surface area contributed by atoms with Gasteiger partial charge in [-0.2, -0.15) is 0 Å². The van der Waals surface area contributed by atoms with Gasteiger partial charge in [-0.05, 0) is 49.2 Å². The monoisotopic (exact) mass is 395 g/mol. The molecular formula is C23H25NO5. The van der Waals surface area contributed by atoms with Crippen molar-refractivity contribution >= 4 is 16.7 Å². The first kappa shape index (κ1) is 20.5. The van der Waals surface area contributed by atoms with E-state index in [-0.39, 0.29) is 0 Å². The molecule has 0 bridgehead atoms. The summed E-state index contributed by atoms with van der Waals surface area (Å²) in [5.41, 5.74) is 3.38. The number of hydrogen-bond donors (Lipinski definition) is 0. The van der Waals surface area contributed by atoms with Crippen LogP contribution in [0.5, 0.6) is 17.2 Å². The highest BCUT2D eigenvalue weighted by atomic mass is 16.5. The minimum absolute atomic E-state index is 0.290. The molecule has 2 aromatic carbocycles. The van der Waals surface area contributed by atoms with E-state index in [0.717, 1.165) is 28.0 Å². The van der Waals surface area contributed by atoms with Crippen molar-refractivity contribution in [1.82, 2.24) is 4.98 Å². The Balaban J connectivity index is 2.18. The third-order valence-corrected chi connectivity index (χ3v) is 4.69. The fourth-order valence-electron chi connectivity index (χ4n) is 3.37. The Bertz CT molecular complexity index is 1050. The predicted octanol–water partition coefficient (Wildman–Crippen LogP) is 4.34. The lowest BCUT2D eigenvalue weighted by molar-refractivity contribution is 0.0528. The normalized spacial score (nSPS) is 10.7. The maximum Gasteiger partial charge on any atom is 0.340 e. The molecular weight excluding hydrogens is 370 g/mol. The number of pyridine rings is 1. The van der Waals surface area contributed by atoms with Gasteiger partial charge < -0.3 is 18.9 Å². The van der Waals surface area contributed by atoms with Gasteiger partial charge in [0.25, 0.3) is 0 Å². The lowest BCUT2D eigenvalue weighted by Gasteiger charge is -2.14. The smallest absolute Gasteiger partial charge is 0.340 e. The van der Waals surface area contributed by atoms with Gasteiger partial charge in [-0.25, -0.2) is 4.79 Å². The van der Waals surface area contributed by atoms with E-state index >= 15 is 0 Å². The number of benzene rings is 2. The van der Waals surface area contributed by atoms with Crippen LogP contribution in [0.3, 0.4) is 0 Å². The van der Waals surface area contributed by atoms with Crippen molar-refractivity contribution in [2.24, 2.45) is 0 Å². The van der Waals surface area contributed by atoms with Crippen molar-refractivity contribution < 1.29 is 23.7 Å². The van der Waals surface area contributed by atoms with Crippen LogP contribution < -0.4 is 14.2 Å². The molecule has 1 aromatic heterocycles. The first-order chi connectivity index (χ1) is 14.0. The van der Waals surface area contributed by atoms with Crippen LogP contribution in [0.25, 0.3) is 10.8 Å². The van der Waals surface area contributed by atoms with E-state index in [1.54, 1.807) is 40.5 Å². The Morgan fingerprint density at radius 1 is 0.931 bits per heavy atom. The maximum atomic E-state index is 12.5. The van der Waals surface area contributed by atoms with Gasteiger partial charge in [-0.1, -0.05) is 6.07 Å². The van der Waals surface area contributed by atoms with Crippen LogP contribution in [0, 0.1) is 6.92 Å². The summed E-state index contributed by atoms with van der Waals surface area (Å²) < 4.78 is 21.5. The quantitative estimate of drug-likeness (QED) is 0.555. The summed E-state index contributed by atoms with van der Waals surface area (Å²) >= 11 is 0. The molecule has 0 aliphatic carbocycles. The van der Waals surface area contributed by atoms with Gasteiger partial charge in [0.15, 0.2) is 11.5 Å². The molecule has 6 nitrogen and oxygen atoms in total. The van der Waals surface area contributed by atoms with Crippen molar-refractivity contribution in [2.45, 2.75) is 20.3 Å². The topological polar surface area (TPSA) is 66.9 Å². The van der Waals surface area contributed by atoms with E-state index in [2.05, 4.69) is 11.1 Å². The van der Waals surface area contributed by atoms with Gasteiger partial charge in [0.05, 0.1) is 39.2 Å². The second-order valence-corrected chi connectivity index (χ2v) is 6.63. The molecule has 0 atom stereocenters. The second-order valence-electron chi connectivity index (χ2n) is 6.63. The summed E-state index contributed by atoms with van der Waals surface area (Å²) in [7, 11) is 4.80. The van der Waals surface area contributed by atoms with Crippen molar-refractivity contribution in [3.8, 4) is 17.2 Å². The van der Waals surface area contributed by atoms with Gasteiger partial charge in [0.1, 0.15) is 5.75 Å². The number of rotatable bonds is 7. The molecule has 3 aromatic rings. The zero-order valence-electron chi connectivity index (χ0n) is 17.4. The number of ether oxygens (including phenoxy) is 4. The molecule has 0 N–H and O–H groups in total. The van der Waals surface area contributed by atoms with E-state index in [4.69, 9.17) is 18.9 Å². The van der Waals surface area contributed by atoms with Crippen molar-refractivity contribution in [3.05, 3.63) is 58.9 Å². The van der Waals surface area contributed by atoms with E-state index in [1.165, 1.54) is 0 Å². The summed E-state index contributed by atoms with van der Waals surface area (Å²) in [4.78, 5) is 17.0. The summed E-state index contributed by atoms with van der Waals surface area (Å²) in [5.74, 6) is 1.50. The maximum absolute atomic E-state index is 12.5. The fourth-order valence-corrected chi connectivity index (χ4v) is 3.37. The van der Waals surface area contributed by atoms with Crippen LogP contribution in [0.15, 0.2) is 36.5 Å². The Hall–Kier alpha value is -3.28. The minimum Gasteiger partial charge on any atom is -0.497 e. The van der Waals surface area contributed by atoms with Gasteiger partial charge in [-0.15, -0.1) is 0 Å². The first-order valence-electron chi connectivity index (χ1n) is 9.36. The first-order valence-corrected chi connectivity index (χ1v) is 9.36. The summed E-state index contributed by atoms with van der Waals surface area (Å²) in [6, 6.07) is 9.71. The molecule has 1 heterocycles. The summed E-state index contributed by atoms with van der Waals surface area (Å²) in [5, 5.41) is 1.53. The number of methoxy groups -OCH3 is 3. The van der Waals surface area contributed by atoms with Crippen LogP contribution in [-0.4, -0.2) is 38.9 Å². The average Bonchev–Trinajstić information content (AvgIpc) is 2.72. The van der Waals surface area contributed by atoms with Crippen LogP contribution in [0.4, 0.5) is 0 Å². The molecule has 0 fully saturated rings. The largest absolute Gasteiger partial charge is 0.497 e. The third kappa shape index (κ3) is 4.26. The highest BCUT2D eigenvalue weighted by molar-refractivity contribution is 6.05. The minimum atomic E-state index is -0.416. The number of fused-ring (bicyclic) bond motifs is 1. The SMILES string of the molecule is CCOC(=O)c1cnc(Cc2cc(C)cc(OC)c2)c2cc(OC)c(OC)cc12. The van der Waals surface area contributed by atoms with Crippen molar-refractivity contribution in [2.75, 3.05) is 27.9 Å². The van der Waals surface area contributed by atoms with Crippen LogP contribution in [-0.2, 0) is 11.2 Å². The Morgan fingerprint density at radius 3 is 2.24 bits per heavy atom. The molecule has 0 saturated heterocycles. The van der Waals surface area contributed by atoms with Gasteiger partial charge in [0.2, 0.25) is 0 Å². The lowest BCUT2D eigenvalue weighted by Crippen LogP contribution is -2.08. The molecule has 0 aliphatic heterocycles. The molecule has 29 heavy (non-hydrogen) atoms. The van der Waals surface area contributed by atoms with Gasteiger partial charge in [0, 0.05) is 23.4 Å². The fraction of sp³-hybridized carbons (Fsp3) is 0.304. The number of nitrogens with zero attached hydrogens (tertiary/aromatic N) is 1. The molecule has 152 valence electrons. The molecule has 0 spiro atoms. The Morgan fingerprint density at radius 2 is 1.62 bits per heavy atom. The number of hydrogen-bond acceptors (Lipinski definition) is 6. The Labute approximate surface area is 170 Å². The third-order valence-electron chi connectivity index (χ3n) is 4.69.